The van der Waals surface area contributed by atoms with Crippen LogP contribution in [0, 0.1) is 17.7 Å². The zero-order valence-corrected chi connectivity index (χ0v) is 21.6. The Bertz CT molecular complexity index is 1240. The molecule has 206 valence electrons. The number of anilines is 1. The molecule has 2 aromatic rings. The summed E-state index contributed by atoms with van der Waals surface area (Å²) in [7, 11) is 1.67. The van der Waals surface area contributed by atoms with E-state index in [2.05, 4.69) is 10.3 Å². The number of amides is 2. The molecule has 3 unspecified atom stereocenters. The maximum atomic E-state index is 15.4. The van der Waals surface area contributed by atoms with Crippen LogP contribution in [0.15, 0.2) is 24.5 Å². The van der Waals surface area contributed by atoms with Crippen LogP contribution in [0.3, 0.4) is 0 Å². The molecule has 2 aliphatic carbocycles. The van der Waals surface area contributed by atoms with Crippen LogP contribution in [-0.2, 0) is 11.8 Å². The van der Waals surface area contributed by atoms with Crippen LogP contribution >= 0.6 is 11.6 Å². The molecule has 8 nitrogen and oxygen atoms in total. The Hall–Kier alpha value is -2.63. The van der Waals surface area contributed by atoms with Crippen LogP contribution in [0.1, 0.15) is 60.6 Å². The third kappa shape index (κ3) is 4.69. The van der Waals surface area contributed by atoms with E-state index in [1.165, 1.54) is 18.5 Å². The molecule has 3 fully saturated rings. The van der Waals surface area contributed by atoms with Gasteiger partial charge < -0.3 is 25.0 Å². The highest BCUT2D eigenvalue weighted by molar-refractivity contribution is 6.31. The quantitative estimate of drug-likeness (QED) is 0.522. The number of alkyl halides is 2. The Morgan fingerprint density at radius 2 is 1.92 bits per heavy atom. The number of likely N-dealkylation sites (tertiary alicyclic amines) is 1. The van der Waals surface area contributed by atoms with Crippen LogP contribution in [0.5, 0.6) is 0 Å². The number of fused-ring (bicyclic) bond motifs is 1. The summed E-state index contributed by atoms with van der Waals surface area (Å²) >= 11 is 5.82. The van der Waals surface area contributed by atoms with Crippen LogP contribution in [-0.4, -0.2) is 67.2 Å². The highest BCUT2D eigenvalue weighted by Crippen LogP contribution is 2.57. The Morgan fingerprint density at radius 3 is 2.55 bits per heavy atom. The van der Waals surface area contributed by atoms with E-state index in [1.807, 2.05) is 0 Å². The Kier molecular flexibility index (Phi) is 6.98. The Morgan fingerprint density at radius 1 is 1.24 bits per heavy atom. The Labute approximate surface area is 222 Å². The smallest absolute Gasteiger partial charge is 0.352 e. The normalized spacial score (nSPS) is 29.4. The summed E-state index contributed by atoms with van der Waals surface area (Å²) in [5, 5.41) is 23.4. The lowest BCUT2D eigenvalue weighted by atomic mass is 9.86. The summed E-state index contributed by atoms with van der Waals surface area (Å²) < 4.78 is 45.8. The van der Waals surface area contributed by atoms with E-state index in [0.717, 1.165) is 11.0 Å². The van der Waals surface area contributed by atoms with E-state index >= 15 is 8.78 Å². The van der Waals surface area contributed by atoms with Gasteiger partial charge in [0.25, 0.3) is 11.8 Å². The first-order valence-corrected chi connectivity index (χ1v) is 13.1. The van der Waals surface area contributed by atoms with Crippen LogP contribution in [0.4, 0.5) is 18.9 Å². The molecule has 0 radical (unpaired) electrons. The monoisotopic (exact) mass is 554 g/mol. The largest absolute Gasteiger partial charge is 0.391 e. The summed E-state index contributed by atoms with van der Waals surface area (Å²) in [6.07, 6.45) is 1.98. The van der Waals surface area contributed by atoms with Gasteiger partial charge in [0.15, 0.2) is 0 Å². The number of aryl methyl sites for hydroxylation is 1. The molecule has 1 aromatic heterocycles. The molecule has 3 aliphatic rings. The fourth-order valence-corrected chi connectivity index (χ4v) is 6.65. The van der Waals surface area contributed by atoms with Crippen molar-refractivity contribution in [3.63, 3.8) is 0 Å². The predicted octanol–water partition coefficient (Wildman–Crippen LogP) is 3.72. The summed E-state index contributed by atoms with van der Waals surface area (Å²) in [6.45, 7) is -0.0286. The van der Waals surface area contributed by atoms with E-state index < -0.39 is 35.3 Å². The minimum Gasteiger partial charge on any atom is -0.391 e. The lowest BCUT2D eigenvalue weighted by Crippen LogP contribution is -2.59. The van der Waals surface area contributed by atoms with E-state index in [9.17, 15) is 24.2 Å². The van der Waals surface area contributed by atoms with E-state index in [0.29, 0.717) is 42.8 Å². The van der Waals surface area contributed by atoms with Gasteiger partial charge in [-0.3, -0.25) is 9.59 Å². The number of nitrogens with one attached hydrogen (secondary N) is 1. The number of hydrogen-bond donors (Lipinski definition) is 3. The lowest BCUT2D eigenvalue weighted by molar-refractivity contribution is -0.204. The fourth-order valence-electron chi connectivity index (χ4n) is 6.47. The molecule has 3 atom stereocenters. The second-order valence-electron chi connectivity index (χ2n) is 10.9. The number of aromatic nitrogens is 2. The molecule has 2 amide bonds. The fraction of sp³-hybridized carbons (Fsp3) is 0.577. The zero-order chi connectivity index (χ0) is 27.4. The minimum atomic E-state index is -3.96. The Balaban J connectivity index is 1.28. The van der Waals surface area contributed by atoms with Gasteiger partial charge in [0.1, 0.15) is 17.1 Å². The summed E-state index contributed by atoms with van der Waals surface area (Å²) in [4.78, 5) is 31.2. The number of hydrogen-bond acceptors (Lipinski definition) is 5. The van der Waals surface area contributed by atoms with Crippen molar-refractivity contribution in [3.8, 4) is 0 Å². The number of β-amino-alcohol motifs (C(OH)–C–C–N with tert-alkyl or cyclic N) is 1. The first-order chi connectivity index (χ1) is 17.9. The average Bonchev–Trinajstić information content (AvgIpc) is 3.52. The predicted molar refractivity (Wildman–Crippen MR) is 132 cm³/mol. The number of piperidine rings is 1. The number of carbonyl (C=O) groups is 2. The van der Waals surface area contributed by atoms with E-state index in [4.69, 9.17) is 11.6 Å². The SMILES string of the molecule is Cn1cnc(C2CC3CC(O)(C(F)(F)C(=O)N4CCCC(O)C4)CC3C2)c1C(=O)Nc1ccc(F)c(Cl)c1. The van der Waals surface area contributed by atoms with Gasteiger partial charge in [0.05, 0.1) is 23.1 Å². The third-order valence-corrected chi connectivity index (χ3v) is 8.61. The first-order valence-electron chi connectivity index (χ1n) is 12.7. The van der Waals surface area contributed by atoms with Crippen molar-refractivity contribution in [2.75, 3.05) is 18.4 Å². The zero-order valence-electron chi connectivity index (χ0n) is 20.8. The van der Waals surface area contributed by atoms with Crippen molar-refractivity contribution >= 4 is 29.1 Å². The molecule has 2 saturated carbocycles. The maximum Gasteiger partial charge on any atom is 0.352 e. The van der Waals surface area contributed by atoms with Gasteiger partial charge in [-0.2, -0.15) is 8.78 Å². The second kappa shape index (κ2) is 9.84. The number of aliphatic hydroxyl groups excluding tert-OH is 1. The van der Waals surface area contributed by atoms with Gasteiger partial charge in [-0.05, 0) is 68.6 Å². The molecule has 0 bridgehead atoms. The topological polar surface area (TPSA) is 108 Å². The number of aliphatic hydroxyl groups is 2. The molecule has 3 N–H and O–H groups in total. The number of carbonyl (C=O) groups excluding carboxylic acids is 2. The molecule has 12 heteroatoms. The summed E-state index contributed by atoms with van der Waals surface area (Å²) in [5.41, 5.74) is -1.31. The molecule has 38 heavy (non-hydrogen) atoms. The molecule has 1 aliphatic heterocycles. The van der Waals surface area contributed by atoms with Crippen molar-refractivity contribution in [2.45, 2.75) is 62.1 Å². The first kappa shape index (κ1) is 27.0. The van der Waals surface area contributed by atoms with E-state index in [1.54, 1.807) is 11.6 Å². The van der Waals surface area contributed by atoms with Gasteiger partial charge in [-0.25, -0.2) is 9.37 Å². The molecule has 2 heterocycles. The number of halogens is 4. The molecular weight excluding hydrogens is 525 g/mol. The maximum absolute atomic E-state index is 15.4. The third-order valence-electron chi connectivity index (χ3n) is 8.32. The van der Waals surface area contributed by atoms with Gasteiger partial charge in [-0.1, -0.05) is 11.6 Å². The van der Waals surface area contributed by atoms with Gasteiger partial charge in [-0.15, -0.1) is 0 Å². The van der Waals surface area contributed by atoms with Crippen molar-refractivity contribution in [2.24, 2.45) is 18.9 Å². The number of benzene rings is 1. The van der Waals surface area contributed by atoms with Crippen LogP contribution in [0.2, 0.25) is 5.02 Å². The lowest BCUT2D eigenvalue weighted by Gasteiger charge is -2.38. The van der Waals surface area contributed by atoms with E-state index in [-0.39, 0.29) is 48.7 Å². The van der Waals surface area contributed by atoms with Crippen LogP contribution in [0.25, 0.3) is 0 Å². The number of imidazole rings is 1. The highest BCUT2D eigenvalue weighted by atomic mass is 35.5. The number of rotatable bonds is 5. The van der Waals surface area contributed by atoms with Crippen LogP contribution < -0.4 is 5.32 Å². The van der Waals surface area contributed by atoms with Crippen molar-refractivity contribution in [3.05, 3.63) is 46.8 Å². The molecule has 1 aromatic carbocycles. The standard InChI is InChI=1S/C26H30ClF3N4O4/c1-33-13-31-21(22(33)23(36)32-17-4-5-20(28)19(27)9-17)14-7-15-10-25(38,11-16(15)8-14)26(29,30)24(37)34-6-2-3-18(35)12-34/h4-5,9,13-16,18,35,38H,2-3,6-8,10-12H2,1H3,(H,32,36). The summed E-state index contributed by atoms with van der Waals surface area (Å²) in [5.74, 6) is -7.17. The minimum absolute atomic E-state index is 0.129. The van der Waals surface area contributed by atoms with Gasteiger partial charge >= 0.3 is 5.92 Å². The average molecular weight is 555 g/mol. The van der Waals surface area contributed by atoms with Crippen molar-refractivity contribution < 1.29 is 33.0 Å². The highest BCUT2D eigenvalue weighted by Gasteiger charge is 2.65. The molecule has 5 rings (SSSR count). The van der Waals surface area contributed by atoms with Gasteiger partial charge in [0, 0.05) is 31.7 Å². The van der Waals surface area contributed by atoms with Crippen molar-refractivity contribution in [1.82, 2.24) is 14.5 Å². The molecular formula is C26H30ClF3N4O4. The molecule has 1 saturated heterocycles. The number of nitrogens with zero attached hydrogens (tertiary/aromatic N) is 3. The molecule has 0 spiro atoms. The van der Waals surface area contributed by atoms with Crippen molar-refractivity contribution in [1.29, 1.82) is 0 Å². The second-order valence-corrected chi connectivity index (χ2v) is 11.3. The summed E-state index contributed by atoms with van der Waals surface area (Å²) in [6, 6.07) is 3.84. The van der Waals surface area contributed by atoms with Gasteiger partial charge in [0.2, 0.25) is 0 Å².